The Labute approximate surface area is 181 Å². The van der Waals surface area contributed by atoms with Gasteiger partial charge in [0.25, 0.3) is 0 Å². The van der Waals surface area contributed by atoms with Crippen LogP contribution in [0.5, 0.6) is 0 Å². The summed E-state index contributed by atoms with van der Waals surface area (Å²) in [6.45, 7) is 1.86. The molecule has 0 unspecified atom stereocenters. The molecule has 0 aliphatic carbocycles. The highest BCUT2D eigenvalue weighted by atomic mass is 35.5. The highest BCUT2D eigenvalue weighted by molar-refractivity contribution is 7.13. The van der Waals surface area contributed by atoms with Gasteiger partial charge in [0.05, 0.1) is 17.8 Å². The quantitative estimate of drug-likeness (QED) is 0.674. The van der Waals surface area contributed by atoms with Crippen LogP contribution in [0.4, 0.5) is 5.13 Å². The largest absolute Gasteiger partial charge is 0.392 e. The number of β-amino-alcohol motifs (C(OH)–C–C–N with tert-alkyl or cyclic N) is 1. The van der Waals surface area contributed by atoms with Crippen LogP contribution in [-0.4, -0.2) is 52.7 Å². The molecular formula is C19H26Cl2N4O2S. The van der Waals surface area contributed by atoms with Crippen LogP contribution in [0.2, 0.25) is 0 Å². The molecule has 2 aliphatic heterocycles. The number of halogens is 2. The maximum absolute atomic E-state index is 12.8. The molecule has 4 N–H and O–H groups in total. The number of thiazole rings is 1. The van der Waals surface area contributed by atoms with Crippen molar-refractivity contribution >= 4 is 47.2 Å². The summed E-state index contributed by atoms with van der Waals surface area (Å²) in [5.74, 6) is 0.0982. The van der Waals surface area contributed by atoms with E-state index in [1.54, 1.807) is 0 Å². The lowest BCUT2D eigenvalue weighted by atomic mass is 9.70. The van der Waals surface area contributed by atoms with Gasteiger partial charge < -0.3 is 21.1 Å². The predicted octanol–water partition coefficient (Wildman–Crippen LogP) is 2.20. The van der Waals surface area contributed by atoms with Crippen molar-refractivity contribution in [3.8, 4) is 0 Å². The van der Waals surface area contributed by atoms with E-state index in [9.17, 15) is 9.90 Å². The fraction of sp³-hybridized carbons (Fsp3) is 0.474. The number of amides is 1. The average Bonchev–Trinajstić information content (AvgIpc) is 3.31. The Morgan fingerprint density at radius 3 is 2.46 bits per heavy atom. The molecule has 3 heterocycles. The Balaban J connectivity index is 0.00000140. The molecule has 0 saturated carbocycles. The standard InChI is InChI=1S/C19H24N4O2S.2ClH/c20-18-22-16(12-26-18)19(13-4-2-1-3-5-13)6-8-23(9-7-19)17(25)15-10-14(24)11-21-15;;/h1-5,12,14-15,21,24H,6-11H2,(H2,20,22);2*1H/t14-,15+;;/m1../s1. The number of aliphatic hydroxyl groups excluding tert-OH is 1. The third-order valence-corrected chi connectivity index (χ3v) is 6.35. The lowest BCUT2D eigenvalue weighted by Crippen LogP contribution is -2.50. The molecule has 154 valence electrons. The minimum Gasteiger partial charge on any atom is -0.392 e. The number of piperidine rings is 1. The van der Waals surface area contributed by atoms with Crippen LogP contribution in [0.3, 0.4) is 0 Å². The monoisotopic (exact) mass is 444 g/mol. The Kier molecular flexibility index (Phi) is 7.70. The summed E-state index contributed by atoms with van der Waals surface area (Å²) in [6.07, 6.45) is 1.72. The molecule has 0 radical (unpaired) electrons. The number of carbonyl (C=O) groups excluding carboxylic acids is 1. The first-order valence-electron chi connectivity index (χ1n) is 9.06. The van der Waals surface area contributed by atoms with Crippen molar-refractivity contribution in [2.24, 2.45) is 0 Å². The molecule has 1 aromatic heterocycles. The van der Waals surface area contributed by atoms with Crippen molar-refractivity contribution in [3.05, 3.63) is 47.0 Å². The molecule has 2 fully saturated rings. The molecule has 9 heteroatoms. The van der Waals surface area contributed by atoms with E-state index in [2.05, 4.69) is 27.8 Å². The minimum atomic E-state index is -0.421. The number of likely N-dealkylation sites (tertiary alicyclic amines) is 1. The summed E-state index contributed by atoms with van der Waals surface area (Å²) >= 11 is 1.47. The van der Waals surface area contributed by atoms with E-state index < -0.39 is 6.10 Å². The summed E-state index contributed by atoms with van der Waals surface area (Å²) in [4.78, 5) is 19.3. The molecule has 6 nitrogen and oxygen atoms in total. The highest BCUT2D eigenvalue weighted by Gasteiger charge is 2.42. The Bertz CT molecular complexity index is 781. The van der Waals surface area contributed by atoms with Gasteiger partial charge in [0.15, 0.2) is 5.13 Å². The second-order valence-electron chi connectivity index (χ2n) is 7.19. The van der Waals surface area contributed by atoms with Gasteiger partial charge in [0.1, 0.15) is 0 Å². The number of benzene rings is 1. The molecule has 2 aromatic rings. The topological polar surface area (TPSA) is 91.5 Å². The van der Waals surface area contributed by atoms with Crippen molar-refractivity contribution in [1.82, 2.24) is 15.2 Å². The molecule has 0 bridgehead atoms. The first kappa shape index (κ1) is 22.9. The van der Waals surface area contributed by atoms with Crippen molar-refractivity contribution in [2.45, 2.75) is 36.8 Å². The highest BCUT2D eigenvalue weighted by Crippen LogP contribution is 2.42. The maximum atomic E-state index is 12.8. The summed E-state index contributed by atoms with van der Waals surface area (Å²) in [5, 5.41) is 15.4. The number of hydrogen-bond acceptors (Lipinski definition) is 6. The zero-order valence-corrected chi connectivity index (χ0v) is 17.9. The van der Waals surface area contributed by atoms with E-state index in [0.29, 0.717) is 31.2 Å². The van der Waals surface area contributed by atoms with Crippen LogP contribution in [0.15, 0.2) is 35.7 Å². The van der Waals surface area contributed by atoms with Gasteiger partial charge in [0.2, 0.25) is 5.91 Å². The Morgan fingerprint density at radius 2 is 1.93 bits per heavy atom. The molecule has 4 rings (SSSR count). The first-order chi connectivity index (χ1) is 12.6. The van der Waals surface area contributed by atoms with Crippen molar-refractivity contribution < 1.29 is 9.90 Å². The van der Waals surface area contributed by atoms with Crippen LogP contribution < -0.4 is 11.1 Å². The van der Waals surface area contributed by atoms with Gasteiger partial charge in [-0.15, -0.1) is 36.2 Å². The van der Waals surface area contributed by atoms with Gasteiger partial charge in [-0.1, -0.05) is 30.3 Å². The van der Waals surface area contributed by atoms with Gasteiger partial charge in [-0.2, -0.15) is 0 Å². The molecular weight excluding hydrogens is 419 g/mol. The second kappa shape index (κ2) is 9.41. The number of nitrogen functional groups attached to an aromatic ring is 1. The third kappa shape index (κ3) is 4.28. The zero-order valence-electron chi connectivity index (χ0n) is 15.4. The number of aromatic nitrogens is 1. The maximum Gasteiger partial charge on any atom is 0.239 e. The van der Waals surface area contributed by atoms with Gasteiger partial charge in [-0.3, -0.25) is 4.79 Å². The number of carbonyl (C=O) groups is 1. The van der Waals surface area contributed by atoms with E-state index in [4.69, 9.17) is 5.73 Å². The van der Waals surface area contributed by atoms with E-state index in [1.165, 1.54) is 16.9 Å². The summed E-state index contributed by atoms with van der Waals surface area (Å²) in [6, 6.07) is 10.1. The third-order valence-electron chi connectivity index (χ3n) is 5.67. The lowest BCUT2D eigenvalue weighted by molar-refractivity contribution is -0.134. The van der Waals surface area contributed by atoms with Crippen LogP contribution in [-0.2, 0) is 10.2 Å². The number of rotatable bonds is 3. The van der Waals surface area contributed by atoms with Crippen molar-refractivity contribution in [2.75, 3.05) is 25.4 Å². The van der Waals surface area contributed by atoms with Gasteiger partial charge in [-0.05, 0) is 24.8 Å². The van der Waals surface area contributed by atoms with Crippen LogP contribution in [0, 0.1) is 0 Å². The first-order valence-corrected chi connectivity index (χ1v) is 9.94. The van der Waals surface area contributed by atoms with Crippen LogP contribution in [0.1, 0.15) is 30.5 Å². The molecule has 1 aromatic carbocycles. The molecule has 2 atom stereocenters. The predicted molar refractivity (Wildman–Crippen MR) is 116 cm³/mol. The molecule has 2 aliphatic rings. The normalized spacial score (nSPS) is 23.5. The van der Waals surface area contributed by atoms with Crippen molar-refractivity contribution in [3.63, 3.8) is 0 Å². The van der Waals surface area contributed by atoms with E-state index in [-0.39, 0.29) is 42.2 Å². The minimum absolute atomic E-state index is 0. The number of aliphatic hydroxyl groups is 1. The van der Waals surface area contributed by atoms with Gasteiger partial charge in [0, 0.05) is 30.4 Å². The summed E-state index contributed by atoms with van der Waals surface area (Å²) < 4.78 is 0. The zero-order chi connectivity index (χ0) is 18.1. The SMILES string of the molecule is Cl.Cl.Nc1nc(C2(c3ccccc3)CCN(C(=O)[C@@H]3C[C@@H](O)CN3)CC2)cs1. The van der Waals surface area contributed by atoms with Gasteiger partial charge >= 0.3 is 0 Å². The Hall–Kier alpha value is -1.38. The van der Waals surface area contributed by atoms with E-state index in [0.717, 1.165) is 18.5 Å². The molecule has 2 saturated heterocycles. The summed E-state index contributed by atoms with van der Waals surface area (Å²) in [5.41, 5.74) is 7.94. The van der Waals surface area contributed by atoms with Crippen LogP contribution in [0.25, 0.3) is 0 Å². The van der Waals surface area contributed by atoms with Crippen molar-refractivity contribution in [1.29, 1.82) is 0 Å². The van der Waals surface area contributed by atoms with Gasteiger partial charge in [-0.25, -0.2) is 4.98 Å². The number of nitrogens with one attached hydrogen (secondary N) is 1. The average molecular weight is 445 g/mol. The fourth-order valence-electron chi connectivity index (χ4n) is 4.19. The number of nitrogens with two attached hydrogens (primary N) is 1. The summed E-state index contributed by atoms with van der Waals surface area (Å²) in [7, 11) is 0. The molecule has 28 heavy (non-hydrogen) atoms. The van der Waals surface area contributed by atoms with E-state index >= 15 is 0 Å². The van der Waals surface area contributed by atoms with E-state index in [1.807, 2.05) is 23.1 Å². The Morgan fingerprint density at radius 1 is 1.25 bits per heavy atom. The number of nitrogens with zero attached hydrogens (tertiary/aromatic N) is 2. The lowest BCUT2D eigenvalue weighted by Gasteiger charge is -2.42. The smallest absolute Gasteiger partial charge is 0.239 e. The number of hydrogen-bond donors (Lipinski definition) is 3. The second-order valence-corrected chi connectivity index (χ2v) is 8.08. The fourth-order valence-corrected chi connectivity index (χ4v) is 4.85. The molecule has 0 spiro atoms. The molecule has 1 amide bonds. The number of anilines is 1. The van der Waals surface area contributed by atoms with Crippen LogP contribution >= 0.6 is 36.2 Å².